The van der Waals surface area contributed by atoms with Gasteiger partial charge in [-0.3, -0.25) is 4.79 Å². The van der Waals surface area contributed by atoms with Crippen molar-refractivity contribution in [3.8, 4) is 0 Å². The molecule has 1 aliphatic rings. The Morgan fingerprint density at radius 2 is 1.74 bits per heavy atom. The minimum absolute atomic E-state index is 0.100. The summed E-state index contributed by atoms with van der Waals surface area (Å²) in [6, 6.07) is 23.6. The molecule has 0 bridgehead atoms. The predicted octanol–water partition coefficient (Wildman–Crippen LogP) is 4.02. The molecule has 1 amide bonds. The first-order chi connectivity index (χ1) is 15.1. The summed E-state index contributed by atoms with van der Waals surface area (Å²) in [6.07, 6.45) is 0. The standard InChI is InChI=1S/C24H22N6O/c1-15(17-9-4-3-5-10-17)25-23(31)21-16(2)26-24-27-28-29-30(24)22(21)20-14-8-12-18-11-6-7-13-19(18)20/h3-15,21-22H,1-2H3,(H,25,31). The number of benzene rings is 3. The molecule has 4 aromatic rings. The molecule has 1 N–H and O–H groups in total. The number of aliphatic imine (C=N–C) groups is 1. The van der Waals surface area contributed by atoms with Gasteiger partial charge in [-0.25, -0.2) is 9.67 Å². The van der Waals surface area contributed by atoms with E-state index in [0.717, 1.165) is 21.9 Å². The zero-order valence-electron chi connectivity index (χ0n) is 17.3. The van der Waals surface area contributed by atoms with Crippen molar-refractivity contribution < 1.29 is 4.79 Å². The van der Waals surface area contributed by atoms with Crippen LogP contribution in [-0.2, 0) is 4.79 Å². The average molecular weight is 410 g/mol. The van der Waals surface area contributed by atoms with E-state index in [9.17, 15) is 4.79 Å². The Labute approximate surface area is 179 Å². The number of carbonyl (C=O) groups is 1. The van der Waals surface area contributed by atoms with Crippen molar-refractivity contribution in [2.75, 3.05) is 0 Å². The summed E-state index contributed by atoms with van der Waals surface area (Å²) in [5, 5.41) is 17.4. The number of nitrogens with one attached hydrogen (secondary N) is 1. The molecule has 154 valence electrons. The smallest absolute Gasteiger partial charge is 0.269 e. The number of tetrazole rings is 1. The van der Waals surface area contributed by atoms with Crippen molar-refractivity contribution in [1.82, 2.24) is 25.5 Å². The molecule has 0 radical (unpaired) electrons. The molecular weight excluding hydrogens is 388 g/mol. The third kappa shape index (κ3) is 3.38. The Bertz CT molecular complexity index is 1270. The van der Waals surface area contributed by atoms with Gasteiger partial charge in [0.05, 0.1) is 6.04 Å². The van der Waals surface area contributed by atoms with Gasteiger partial charge < -0.3 is 5.32 Å². The van der Waals surface area contributed by atoms with Crippen molar-refractivity contribution in [2.24, 2.45) is 10.9 Å². The molecule has 0 saturated heterocycles. The third-order valence-electron chi connectivity index (χ3n) is 5.86. The molecule has 0 spiro atoms. The van der Waals surface area contributed by atoms with Gasteiger partial charge >= 0.3 is 0 Å². The van der Waals surface area contributed by atoms with Gasteiger partial charge in [-0.15, -0.1) is 0 Å². The number of rotatable bonds is 4. The number of hydrogen-bond donors (Lipinski definition) is 1. The normalized spacial score (nSPS) is 18.8. The van der Waals surface area contributed by atoms with Gasteiger partial charge in [0.1, 0.15) is 12.0 Å². The van der Waals surface area contributed by atoms with Crippen LogP contribution < -0.4 is 5.32 Å². The summed E-state index contributed by atoms with van der Waals surface area (Å²) in [4.78, 5) is 18.1. The van der Waals surface area contributed by atoms with E-state index in [4.69, 9.17) is 0 Å². The van der Waals surface area contributed by atoms with Crippen LogP contribution in [-0.4, -0.2) is 31.8 Å². The SMILES string of the molecule is CC1=Nc2nnnn2C(c2cccc3ccccc23)C1C(=O)NC(C)c1ccccc1. The maximum Gasteiger partial charge on any atom is 0.269 e. The second kappa shape index (κ2) is 7.75. The Morgan fingerprint density at radius 1 is 1.00 bits per heavy atom. The highest BCUT2D eigenvalue weighted by Gasteiger charge is 2.40. The van der Waals surface area contributed by atoms with Crippen LogP contribution in [0, 0.1) is 5.92 Å². The lowest BCUT2D eigenvalue weighted by Crippen LogP contribution is -2.43. The summed E-state index contributed by atoms with van der Waals surface area (Å²) in [6.45, 7) is 3.85. The van der Waals surface area contributed by atoms with E-state index in [1.54, 1.807) is 4.68 Å². The number of hydrogen-bond acceptors (Lipinski definition) is 5. The molecule has 7 nitrogen and oxygen atoms in total. The van der Waals surface area contributed by atoms with E-state index in [-0.39, 0.29) is 11.9 Å². The summed E-state index contributed by atoms with van der Waals surface area (Å²) in [7, 11) is 0. The second-order valence-corrected chi connectivity index (χ2v) is 7.81. The molecule has 1 aromatic heterocycles. The minimum Gasteiger partial charge on any atom is -0.349 e. The fourth-order valence-electron chi connectivity index (χ4n) is 4.32. The van der Waals surface area contributed by atoms with E-state index in [2.05, 4.69) is 44.0 Å². The zero-order valence-corrected chi connectivity index (χ0v) is 17.3. The van der Waals surface area contributed by atoms with E-state index >= 15 is 0 Å². The van der Waals surface area contributed by atoms with Crippen LogP contribution in [0.4, 0.5) is 5.95 Å². The van der Waals surface area contributed by atoms with Crippen molar-refractivity contribution >= 4 is 28.3 Å². The summed E-state index contributed by atoms with van der Waals surface area (Å²) in [5.41, 5.74) is 2.73. The van der Waals surface area contributed by atoms with Gasteiger partial charge in [-0.05, 0) is 46.2 Å². The van der Waals surface area contributed by atoms with Crippen LogP contribution >= 0.6 is 0 Å². The first kappa shape index (κ1) is 19.1. The van der Waals surface area contributed by atoms with Crippen LogP contribution in [0.2, 0.25) is 0 Å². The summed E-state index contributed by atoms with van der Waals surface area (Å²) < 4.78 is 1.66. The Kier molecular flexibility index (Phi) is 4.78. The molecule has 2 heterocycles. The van der Waals surface area contributed by atoms with Crippen LogP contribution in [0.1, 0.15) is 37.1 Å². The van der Waals surface area contributed by atoms with Crippen molar-refractivity contribution in [1.29, 1.82) is 0 Å². The molecule has 3 atom stereocenters. The third-order valence-corrected chi connectivity index (χ3v) is 5.86. The lowest BCUT2D eigenvalue weighted by molar-refractivity contribution is -0.124. The van der Waals surface area contributed by atoms with E-state index in [1.165, 1.54) is 0 Å². The van der Waals surface area contributed by atoms with Crippen molar-refractivity contribution in [2.45, 2.75) is 25.9 Å². The first-order valence-electron chi connectivity index (χ1n) is 10.3. The van der Waals surface area contributed by atoms with E-state index in [0.29, 0.717) is 11.7 Å². The maximum atomic E-state index is 13.6. The van der Waals surface area contributed by atoms with E-state index in [1.807, 2.05) is 68.4 Å². The molecule has 31 heavy (non-hydrogen) atoms. The lowest BCUT2D eigenvalue weighted by atomic mass is 9.85. The minimum atomic E-state index is -0.534. The van der Waals surface area contributed by atoms with Crippen LogP contribution in [0.15, 0.2) is 77.8 Å². The number of fused-ring (bicyclic) bond motifs is 2. The Balaban J connectivity index is 1.58. The van der Waals surface area contributed by atoms with Crippen molar-refractivity contribution in [3.63, 3.8) is 0 Å². The topological polar surface area (TPSA) is 85.1 Å². The molecule has 3 unspecified atom stereocenters. The van der Waals surface area contributed by atoms with Gasteiger partial charge in [0.2, 0.25) is 5.91 Å². The maximum absolute atomic E-state index is 13.6. The molecule has 0 aliphatic carbocycles. The molecule has 0 fully saturated rings. The highest BCUT2D eigenvalue weighted by molar-refractivity contribution is 6.06. The number of aromatic nitrogens is 4. The number of nitrogens with zero attached hydrogens (tertiary/aromatic N) is 5. The highest BCUT2D eigenvalue weighted by Crippen LogP contribution is 2.38. The fraction of sp³-hybridized carbons (Fsp3) is 0.208. The first-order valence-corrected chi connectivity index (χ1v) is 10.3. The summed E-state index contributed by atoms with van der Waals surface area (Å²) in [5.74, 6) is -0.222. The van der Waals surface area contributed by atoms with Crippen LogP contribution in [0.25, 0.3) is 10.8 Å². The van der Waals surface area contributed by atoms with Crippen LogP contribution in [0.5, 0.6) is 0 Å². The predicted molar refractivity (Wildman–Crippen MR) is 119 cm³/mol. The fourth-order valence-corrected chi connectivity index (χ4v) is 4.32. The highest BCUT2D eigenvalue weighted by atomic mass is 16.2. The molecule has 7 heteroatoms. The molecule has 5 rings (SSSR count). The number of amides is 1. The van der Waals surface area contributed by atoms with Gasteiger partial charge in [-0.1, -0.05) is 77.9 Å². The number of carbonyl (C=O) groups excluding carboxylic acids is 1. The quantitative estimate of drug-likeness (QED) is 0.551. The van der Waals surface area contributed by atoms with Gasteiger partial charge in [-0.2, -0.15) is 0 Å². The average Bonchev–Trinajstić information content (AvgIpc) is 3.26. The molecule has 0 saturated carbocycles. The Hall–Kier alpha value is -3.87. The summed E-state index contributed by atoms with van der Waals surface area (Å²) >= 11 is 0. The van der Waals surface area contributed by atoms with Crippen LogP contribution in [0.3, 0.4) is 0 Å². The van der Waals surface area contributed by atoms with Gasteiger partial charge in [0, 0.05) is 5.71 Å². The second-order valence-electron chi connectivity index (χ2n) is 7.81. The molecule has 1 aliphatic heterocycles. The van der Waals surface area contributed by atoms with Gasteiger partial charge in [0.25, 0.3) is 5.95 Å². The van der Waals surface area contributed by atoms with Crippen molar-refractivity contribution in [3.05, 3.63) is 83.9 Å². The monoisotopic (exact) mass is 410 g/mol. The zero-order chi connectivity index (χ0) is 21.4. The largest absolute Gasteiger partial charge is 0.349 e. The Morgan fingerprint density at radius 3 is 2.58 bits per heavy atom. The molecular formula is C24H22N6O. The molecule has 3 aromatic carbocycles. The van der Waals surface area contributed by atoms with E-state index < -0.39 is 12.0 Å². The lowest BCUT2D eigenvalue weighted by Gasteiger charge is -2.31. The van der Waals surface area contributed by atoms with Gasteiger partial charge in [0.15, 0.2) is 0 Å².